The first-order chi connectivity index (χ1) is 10.2. The molecule has 0 saturated heterocycles. The van der Waals surface area contributed by atoms with E-state index >= 15 is 0 Å². The maximum absolute atomic E-state index is 12.9. The highest BCUT2D eigenvalue weighted by Crippen LogP contribution is 2.29. The van der Waals surface area contributed by atoms with Crippen molar-refractivity contribution in [2.75, 3.05) is 6.61 Å². The molecule has 2 aromatic rings. The monoisotopic (exact) mass is 289 g/mol. The second-order valence-corrected chi connectivity index (χ2v) is 5.25. The molecule has 5 heteroatoms. The van der Waals surface area contributed by atoms with Crippen molar-refractivity contribution in [1.29, 1.82) is 0 Å². The summed E-state index contributed by atoms with van der Waals surface area (Å²) in [5.41, 5.74) is 0.756. The highest BCUT2D eigenvalue weighted by atomic mass is 19.1. The number of nitrogens with zero attached hydrogens (tertiary/aromatic N) is 1. The van der Waals surface area contributed by atoms with Crippen LogP contribution in [0.15, 0.2) is 34.9 Å². The van der Waals surface area contributed by atoms with E-state index in [0.29, 0.717) is 30.6 Å². The number of ether oxygens (including phenoxy) is 1. The highest BCUT2D eigenvalue weighted by molar-refractivity contribution is 5.69. The van der Waals surface area contributed by atoms with Gasteiger partial charge in [0.1, 0.15) is 5.82 Å². The molecule has 1 aromatic heterocycles. The van der Waals surface area contributed by atoms with Crippen LogP contribution in [0.1, 0.15) is 25.2 Å². The van der Waals surface area contributed by atoms with Gasteiger partial charge >= 0.3 is 5.97 Å². The van der Waals surface area contributed by atoms with Crippen LogP contribution < -0.4 is 0 Å². The quantitative estimate of drug-likeness (QED) is 0.765. The number of oxazole rings is 1. The van der Waals surface area contributed by atoms with Crippen molar-refractivity contribution in [3.8, 4) is 11.3 Å². The largest absolute Gasteiger partial charge is 0.465 e. The van der Waals surface area contributed by atoms with Crippen molar-refractivity contribution in [3.05, 3.63) is 42.2 Å². The first-order valence-electron chi connectivity index (χ1n) is 7.07. The Morgan fingerprint density at radius 2 is 2.10 bits per heavy atom. The van der Waals surface area contributed by atoms with Crippen LogP contribution in [0.3, 0.4) is 0 Å². The van der Waals surface area contributed by atoms with E-state index in [-0.39, 0.29) is 18.2 Å². The molecule has 1 heterocycles. The number of aryl methyl sites for hydroxylation is 1. The molecule has 21 heavy (non-hydrogen) atoms. The van der Waals surface area contributed by atoms with Gasteiger partial charge in [0, 0.05) is 12.0 Å². The number of halogens is 1. The number of benzene rings is 1. The van der Waals surface area contributed by atoms with Crippen LogP contribution in [-0.4, -0.2) is 17.6 Å². The van der Waals surface area contributed by atoms with E-state index in [4.69, 9.17) is 9.15 Å². The number of carbonyl (C=O) groups excluding carboxylic acids is 1. The number of hydrogen-bond donors (Lipinski definition) is 0. The fourth-order valence-electron chi connectivity index (χ4n) is 1.95. The molecule has 0 aliphatic heterocycles. The summed E-state index contributed by atoms with van der Waals surface area (Å²) in [5.74, 6) is 1.11. The van der Waals surface area contributed by atoms with Gasteiger partial charge in [-0.25, -0.2) is 9.37 Å². The summed E-state index contributed by atoms with van der Waals surface area (Å²) in [6.07, 6.45) is 4.57. The van der Waals surface area contributed by atoms with Gasteiger partial charge in [0.05, 0.1) is 19.2 Å². The van der Waals surface area contributed by atoms with Gasteiger partial charge in [-0.05, 0) is 43.0 Å². The summed E-state index contributed by atoms with van der Waals surface area (Å²) in [6.45, 7) is 0.533. The van der Waals surface area contributed by atoms with E-state index in [1.807, 2.05) is 0 Å². The number of esters is 1. The van der Waals surface area contributed by atoms with E-state index in [1.54, 1.807) is 18.3 Å². The van der Waals surface area contributed by atoms with Gasteiger partial charge in [-0.2, -0.15) is 0 Å². The van der Waals surface area contributed by atoms with Gasteiger partial charge in [-0.1, -0.05) is 0 Å². The lowest BCUT2D eigenvalue weighted by molar-refractivity contribution is -0.144. The summed E-state index contributed by atoms with van der Waals surface area (Å²) in [7, 11) is 0. The van der Waals surface area contributed by atoms with Crippen molar-refractivity contribution in [2.24, 2.45) is 5.92 Å². The van der Waals surface area contributed by atoms with Crippen molar-refractivity contribution < 1.29 is 18.3 Å². The number of hydrogen-bond acceptors (Lipinski definition) is 4. The molecule has 1 aliphatic rings. The SMILES string of the molecule is O=C(CCc1ncc(-c2ccc(F)cc2)o1)OCC1CC1. The Balaban J connectivity index is 1.52. The lowest BCUT2D eigenvalue weighted by Gasteiger charge is -2.01. The minimum absolute atomic E-state index is 0.219. The molecule has 1 aromatic carbocycles. The minimum atomic E-state index is -0.295. The van der Waals surface area contributed by atoms with Crippen molar-refractivity contribution in [2.45, 2.75) is 25.7 Å². The van der Waals surface area contributed by atoms with Crippen LogP contribution in [0.4, 0.5) is 4.39 Å². The normalized spacial score (nSPS) is 14.1. The lowest BCUT2D eigenvalue weighted by atomic mass is 10.2. The molecular weight excluding hydrogens is 273 g/mol. The van der Waals surface area contributed by atoms with Crippen LogP contribution >= 0.6 is 0 Å². The van der Waals surface area contributed by atoms with Crippen molar-refractivity contribution in [1.82, 2.24) is 4.98 Å². The zero-order valence-corrected chi connectivity index (χ0v) is 11.5. The molecule has 0 bridgehead atoms. The zero-order valence-electron chi connectivity index (χ0n) is 11.5. The van der Waals surface area contributed by atoms with Gasteiger partial charge in [-0.3, -0.25) is 4.79 Å². The molecule has 0 unspecified atom stereocenters. The van der Waals surface area contributed by atoms with E-state index in [9.17, 15) is 9.18 Å². The summed E-state index contributed by atoms with van der Waals surface area (Å²) in [4.78, 5) is 15.7. The molecule has 0 spiro atoms. The predicted molar refractivity (Wildman–Crippen MR) is 73.9 cm³/mol. The van der Waals surface area contributed by atoms with E-state index < -0.39 is 0 Å². The third-order valence-electron chi connectivity index (χ3n) is 3.40. The predicted octanol–water partition coefficient (Wildman–Crippen LogP) is 3.37. The molecule has 0 N–H and O–H groups in total. The van der Waals surface area contributed by atoms with Gasteiger partial charge in [0.15, 0.2) is 11.7 Å². The Morgan fingerprint density at radius 1 is 1.33 bits per heavy atom. The lowest BCUT2D eigenvalue weighted by Crippen LogP contribution is -2.08. The molecule has 110 valence electrons. The summed E-state index contributed by atoms with van der Waals surface area (Å²) < 4.78 is 23.6. The number of rotatable bonds is 6. The zero-order chi connectivity index (χ0) is 14.7. The molecule has 1 fully saturated rings. The van der Waals surface area contributed by atoms with Crippen LogP contribution in [0.5, 0.6) is 0 Å². The van der Waals surface area contributed by atoms with Gasteiger partial charge < -0.3 is 9.15 Å². The average molecular weight is 289 g/mol. The summed E-state index contributed by atoms with van der Waals surface area (Å²) in [5, 5.41) is 0. The van der Waals surface area contributed by atoms with Crippen LogP contribution in [0.25, 0.3) is 11.3 Å². The van der Waals surface area contributed by atoms with Gasteiger partial charge in [0.25, 0.3) is 0 Å². The summed E-state index contributed by atoms with van der Waals surface area (Å²) in [6, 6.07) is 5.99. The Bertz CT molecular complexity index is 617. The minimum Gasteiger partial charge on any atom is -0.465 e. The first-order valence-corrected chi connectivity index (χ1v) is 7.07. The molecular formula is C16H16FNO3. The number of carbonyl (C=O) groups is 1. The Morgan fingerprint density at radius 3 is 2.81 bits per heavy atom. The van der Waals surface area contributed by atoms with Crippen molar-refractivity contribution >= 4 is 5.97 Å². The fourth-order valence-corrected chi connectivity index (χ4v) is 1.95. The average Bonchev–Trinajstić information content (AvgIpc) is 3.20. The van der Waals surface area contributed by atoms with E-state index in [0.717, 1.165) is 18.4 Å². The molecule has 3 rings (SSSR count). The smallest absolute Gasteiger partial charge is 0.306 e. The van der Waals surface area contributed by atoms with Gasteiger partial charge in [0.2, 0.25) is 0 Å². The van der Waals surface area contributed by atoms with Crippen LogP contribution in [0.2, 0.25) is 0 Å². The van der Waals surface area contributed by atoms with E-state index in [1.165, 1.54) is 12.1 Å². The third-order valence-corrected chi connectivity index (χ3v) is 3.40. The Hall–Kier alpha value is -2.17. The van der Waals surface area contributed by atoms with Crippen molar-refractivity contribution in [3.63, 3.8) is 0 Å². The Kier molecular flexibility index (Phi) is 3.99. The van der Waals surface area contributed by atoms with E-state index in [2.05, 4.69) is 4.98 Å². The first kappa shape index (κ1) is 13.8. The van der Waals surface area contributed by atoms with Crippen LogP contribution in [-0.2, 0) is 16.0 Å². The maximum atomic E-state index is 12.9. The topological polar surface area (TPSA) is 52.3 Å². The maximum Gasteiger partial charge on any atom is 0.306 e. The summed E-state index contributed by atoms with van der Waals surface area (Å²) >= 11 is 0. The second-order valence-electron chi connectivity index (χ2n) is 5.25. The highest BCUT2D eigenvalue weighted by Gasteiger charge is 2.23. The standard InChI is InChI=1S/C16H16FNO3/c17-13-5-3-12(4-6-13)14-9-18-15(21-14)7-8-16(19)20-10-11-1-2-11/h3-6,9,11H,1-2,7-8,10H2. The molecule has 0 radical (unpaired) electrons. The molecule has 1 saturated carbocycles. The Labute approximate surface area is 121 Å². The molecule has 1 aliphatic carbocycles. The molecule has 0 atom stereocenters. The second kappa shape index (κ2) is 6.08. The molecule has 0 amide bonds. The van der Waals surface area contributed by atoms with Gasteiger partial charge in [-0.15, -0.1) is 0 Å². The third kappa shape index (κ3) is 3.90. The van der Waals surface area contributed by atoms with Crippen LogP contribution in [0, 0.1) is 11.7 Å². The molecule has 4 nitrogen and oxygen atoms in total. The fraction of sp³-hybridized carbons (Fsp3) is 0.375. The number of aromatic nitrogens is 1.